The van der Waals surface area contributed by atoms with E-state index in [1.54, 1.807) is 35.2 Å². The number of halogens is 3. The van der Waals surface area contributed by atoms with Gasteiger partial charge in [0.15, 0.2) is 0 Å². The number of aromatic nitrogens is 1. The monoisotopic (exact) mass is 403 g/mol. The first-order valence-corrected chi connectivity index (χ1v) is 8.94. The molecule has 3 aromatic rings. The maximum Gasteiger partial charge on any atom is 0.261 e. The van der Waals surface area contributed by atoms with E-state index in [1.807, 2.05) is 24.3 Å². The van der Waals surface area contributed by atoms with E-state index < -0.39 is 6.17 Å². The normalized spacial score (nSPS) is 15.9. The molecule has 0 unspecified atom stereocenters. The molecule has 130 valence electrons. The van der Waals surface area contributed by atoms with Crippen molar-refractivity contribution in [3.05, 3.63) is 87.0 Å². The Hall–Kier alpha value is -2.27. The Bertz CT molecular complexity index is 992. The predicted molar refractivity (Wildman–Crippen MR) is 105 cm³/mol. The Balaban J connectivity index is 1.81. The number of rotatable bonds is 3. The second-order valence-corrected chi connectivity index (χ2v) is 6.97. The average Bonchev–Trinajstić information content (AvgIpc) is 2.92. The number of amides is 1. The van der Waals surface area contributed by atoms with Gasteiger partial charge in [-0.15, -0.1) is 0 Å². The van der Waals surface area contributed by atoms with Crippen LogP contribution in [0.1, 0.15) is 22.1 Å². The van der Waals surface area contributed by atoms with Crippen molar-refractivity contribution in [3.8, 4) is 0 Å². The lowest BCUT2D eigenvalue weighted by molar-refractivity contribution is 0.0992. The number of pyridine rings is 1. The number of anilines is 2. The molecular formula is C19H12Cl3N3O. The highest BCUT2D eigenvalue weighted by atomic mass is 35.5. The van der Waals surface area contributed by atoms with Crippen LogP contribution in [0.5, 0.6) is 0 Å². The first-order valence-electron chi connectivity index (χ1n) is 7.81. The van der Waals surface area contributed by atoms with E-state index in [9.17, 15) is 4.79 Å². The van der Waals surface area contributed by atoms with Crippen molar-refractivity contribution < 1.29 is 4.79 Å². The molecule has 0 radical (unpaired) electrons. The summed E-state index contributed by atoms with van der Waals surface area (Å²) in [5.74, 6) is 0.345. The van der Waals surface area contributed by atoms with Crippen LogP contribution in [-0.4, -0.2) is 10.9 Å². The van der Waals surface area contributed by atoms with Gasteiger partial charge in [-0.1, -0.05) is 59.1 Å². The standard InChI is InChI=1S/C19H12Cl3N3O/c20-11-8-9-16(23-10-11)25-18(12-4-1-2-5-13(12)19(25)26)24-15-7-3-6-14(21)17(15)22/h1-10,18,24H/t18-/m0/s1. The summed E-state index contributed by atoms with van der Waals surface area (Å²) in [6, 6.07) is 16.1. The molecule has 0 aliphatic carbocycles. The minimum absolute atomic E-state index is 0.147. The Morgan fingerprint density at radius 3 is 2.54 bits per heavy atom. The van der Waals surface area contributed by atoms with Crippen LogP contribution >= 0.6 is 34.8 Å². The van der Waals surface area contributed by atoms with E-state index in [0.29, 0.717) is 32.1 Å². The number of benzene rings is 2. The van der Waals surface area contributed by atoms with Gasteiger partial charge in [0.1, 0.15) is 12.0 Å². The van der Waals surface area contributed by atoms with Gasteiger partial charge in [0, 0.05) is 17.3 Å². The summed E-state index contributed by atoms with van der Waals surface area (Å²) in [6.45, 7) is 0. The summed E-state index contributed by atoms with van der Waals surface area (Å²) in [7, 11) is 0. The molecule has 1 atom stereocenters. The molecule has 1 aliphatic rings. The third kappa shape index (κ3) is 2.90. The molecule has 0 spiro atoms. The van der Waals surface area contributed by atoms with Crippen LogP contribution in [0.2, 0.25) is 15.1 Å². The van der Waals surface area contributed by atoms with Crippen LogP contribution in [0.3, 0.4) is 0 Å². The number of carbonyl (C=O) groups excluding carboxylic acids is 1. The van der Waals surface area contributed by atoms with Crippen LogP contribution in [0.4, 0.5) is 11.5 Å². The van der Waals surface area contributed by atoms with E-state index in [0.717, 1.165) is 5.56 Å². The summed E-state index contributed by atoms with van der Waals surface area (Å²) in [5.41, 5.74) is 2.08. The molecular weight excluding hydrogens is 393 g/mol. The summed E-state index contributed by atoms with van der Waals surface area (Å²) >= 11 is 18.4. The van der Waals surface area contributed by atoms with Gasteiger partial charge in [0.2, 0.25) is 0 Å². The van der Waals surface area contributed by atoms with Crippen molar-refractivity contribution in [2.45, 2.75) is 6.17 Å². The summed E-state index contributed by atoms with van der Waals surface area (Å²) in [4.78, 5) is 18.9. The zero-order valence-electron chi connectivity index (χ0n) is 13.3. The van der Waals surface area contributed by atoms with Crippen molar-refractivity contribution in [2.24, 2.45) is 0 Å². The van der Waals surface area contributed by atoms with E-state index in [1.165, 1.54) is 6.20 Å². The number of hydrogen-bond donors (Lipinski definition) is 1. The summed E-state index contributed by atoms with van der Waals surface area (Å²) in [6.07, 6.45) is 1.04. The largest absolute Gasteiger partial charge is 0.360 e. The number of carbonyl (C=O) groups is 1. The van der Waals surface area contributed by atoms with Crippen LogP contribution in [0.25, 0.3) is 0 Å². The maximum absolute atomic E-state index is 13.0. The SMILES string of the molecule is O=C1c2ccccc2[C@@H](Nc2cccc(Cl)c2Cl)N1c1ccc(Cl)cn1. The smallest absolute Gasteiger partial charge is 0.261 e. The lowest BCUT2D eigenvalue weighted by Crippen LogP contribution is -2.33. The first-order chi connectivity index (χ1) is 12.6. The van der Waals surface area contributed by atoms with Crippen molar-refractivity contribution in [2.75, 3.05) is 10.2 Å². The Morgan fingerprint density at radius 1 is 0.962 bits per heavy atom. The summed E-state index contributed by atoms with van der Waals surface area (Å²) < 4.78 is 0. The first kappa shape index (κ1) is 17.2. The fourth-order valence-electron chi connectivity index (χ4n) is 2.97. The van der Waals surface area contributed by atoms with Crippen LogP contribution in [0, 0.1) is 0 Å². The third-order valence-electron chi connectivity index (χ3n) is 4.17. The number of nitrogens with zero attached hydrogens (tertiary/aromatic N) is 2. The molecule has 0 saturated carbocycles. The molecule has 4 rings (SSSR count). The Labute approximate surface area is 165 Å². The fourth-order valence-corrected chi connectivity index (χ4v) is 3.43. The molecule has 0 saturated heterocycles. The van der Waals surface area contributed by atoms with Gasteiger partial charge in [0.05, 0.1) is 20.8 Å². The average molecular weight is 405 g/mol. The molecule has 4 nitrogen and oxygen atoms in total. The van der Waals surface area contributed by atoms with Crippen molar-refractivity contribution in [3.63, 3.8) is 0 Å². The highest BCUT2D eigenvalue weighted by Crippen LogP contribution is 2.39. The van der Waals surface area contributed by atoms with Gasteiger partial charge in [0.25, 0.3) is 5.91 Å². The molecule has 0 bridgehead atoms. The van der Waals surface area contributed by atoms with Gasteiger partial charge in [-0.3, -0.25) is 9.69 Å². The zero-order valence-corrected chi connectivity index (χ0v) is 15.6. The van der Waals surface area contributed by atoms with Crippen LogP contribution in [-0.2, 0) is 0 Å². The molecule has 0 fully saturated rings. The maximum atomic E-state index is 13.0. The Kier molecular flexibility index (Phi) is 4.49. The molecule has 7 heteroatoms. The quantitative estimate of drug-likeness (QED) is 0.599. The van der Waals surface area contributed by atoms with Gasteiger partial charge in [-0.05, 0) is 30.3 Å². The highest BCUT2D eigenvalue weighted by molar-refractivity contribution is 6.43. The number of fused-ring (bicyclic) bond motifs is 1. The van der Waals surface area contributed by atoms with Gasteiger partial charge >= 0.3 is 0 Å². The van der Waals surface area contributed by atoms with Crippen LogP contribution in [0.15, 0.2) is 60.8 Å². The fraction of sp³-hybridized carbons (Fsp3) is 0.0526. The molecule has 1 amide bonds. The predicted octanol–water partition coefficient (Wildman–Crippen LogP) is 5.81. The van der Waals surface area contributed by atoms with Crippen molar-refractivity contribution >= 4 is 52.2 Å². The number of nitrogens with one attached hydrogen (secondary N) is 1. The third-order valence-corrected chi connectivity index (χ3v) is 5.21. The molecule has 26 heavy (non-hydrogen) atoms. The van der Waals surface area contributed by atoms with E-state index in [-0.39, 0.29) is 5.91 Å². The lowest BCUT2D eigenvalue weighted by atomic mass is 10.1. The second kappa shape index (κ2) is 6.80. The van der Waals surface area contributed by atoms with Crippen LogP contribution < -0.4 is 10.2 Å². The van der Waals surface area contributed by atoms with Crippen molar-refractivity contribution in [1.82, 2.24) is 4.98 Å². The minimum Gasteiger partial charge on any atom is -0.360 e. The molecule has 1 aromatic heterocycles. The summed E-state index contributed by atoms with van der Waals surface area (Å²) in [5, 5.41) is 4.65. The second-order valence-electron chi connectivity index (χ2n) is 5.75. The molecule has 1 aliphatic heterocycles. The van der Waals surface area contributed by atoms with Crippen molar-refractivity contribution in [1.29, 1.82) is 0 Å². The topological polar surface area (TPSA) is 45.2 Å². The molecule has 2 heterocycles. The minimum atomic E-state index is -0.469. The van der Waals surface area contributed by atoms with Gasteiger partial charge in [-0.25, -0.2) is 4.98 Å². The van der Waals surface area contributed by atoms with Gasteiger partial charge < -0.3 is 5.32 Å². The highest BCUT2D eigenvalue weighted by Gasteiger charge is 2.38. The van der Waals surface area contributed by atoms with E-state index in [2.05, 4.69) is 10.3 Å². The molecule has 1 N–H and O–H groups in total. The number of hydrogen-bond acceptors (Lipinski definition) is 3. The zero-order chi connectivity index (χ0) is 18.3. The van der Waals surface area contributed by atoms with Gasteiger partial charge in [-0.2, -0.15) is 0 Å². The van der Waals surface area contributed by atoms with E-state index >= 15 is 0 Å². The Morgan fingerprint density at radius 2 is 1.77 bits per heavy atom. The molecule has 2 aromatic carbocycles. The van der Waals surface area contributed by atoms with E-state index in [4.69, 9.17) is 34.8 Å². The lowest BCUT2D eigenvalue weighted by Gasteiger charge is -2.26.